The predicted octanol–water partition coefficient (Wildman–Crippen LogP) is 4.29. The summed E-state index contributed by atoms with van der Waals surface area (Å²) in [6, 6.07) is 8.37. The van der Waals surface area contributed by atoms with E-state index in [0.717, 1.165) is 34.4 Å². The molecule has 3 N–H and O–H groups in total. The topological polar surface area (TPSA) is 46.2 Å². The number of anilines is 1. The predicted molar refractivity (Wildman–Crippen MR) is 79.4 cm³/mol. The van der Waals surface area contributed by atoms with Crippen molar-refractivity contribution in [3.8, 4) is 5.75 Å². The van der Waals surface area contributed by atoms with Crippen LogP contribution in [0.2, 0.25) is 0 Å². The van der Waals surface area contributed by atoms with E-state index >= 15 is 0 Å². The molecule has 0 unspecified atom stereocenters. The first kappa shape index (κ1) is 11.4. The van der Waals surface area contributed by atoms with Crippen molar-refractivity contribution in [1.29, 1.82) is 0 Å². The molecule has 1 heterocycles. The Morgan fingerprint density at radius 3 is 2.83 bits per heavy atom. The lowest BCUT2D eigenvalue weighted by Gasteiger charge is -2.06. The summed E-state index contributed by atoms with van der Waals surface area (Å²) in [5.74, 6) is 0.319. The average Bonchev–Trinajstić information content (AvgIpc) is 2.73. The molecule has 92 valence electrons. The van der Waals surface area contributed by atoms with Gasteiger partial charge in [0, 0.05) is 10.8 Å². The van der Waals surface area contributed by atoms with Gasteiger partial charge in [-0.1, -0.05) is 25.5 Å². The zero-order valence-electron chi connectivity index (χ0n) is 10.2. The number of thiophene rings is 1. The van der Waals surface area contributed by atoms with E-state index in [-0.39, 0.29) is 0 Å². The summed E-state index contributed by atoms with van der Waals surface area (Å²) in [4.78, 5) is 0. The normalized spacial score (nSPS) is 11.4. The van der Waals surface area contributed by atoms with Crippen molar-refractivity contribution in [2.75, 3.05) is 5.73 Å². The van der Waals surface area contributed by atoms with Gasteiger partial charge in [0.2, 0.25) is 0 Å². The number of benzene rings is 2. The van der Waals surface area contributed by atoms with Crippen LogP contribution in [0.1, 0.15) is 18.9 Å². The highest BCUT2D eigenvalue weighted by atomic mass is 32.1. The number of aryl methyl sites for hydroxylation is 1. The standard InChI is InChI=1S/C15H15NOS/c1-2-3-9-4-5-10-7-11-8-18-15(16)13(11)14(17)12(10)6-9/h4-8,17H,2-3,16H2,1H3. The van der Waals surface area contributed by atoms with Crippen LogP contribution in [-0.4, -0.2) is 5.11 Å². The van der Waals surface area contributed by atoms with Gasteiger partial charge < -0.3 is 10.8 Å². The van der Waals surface area contributed by atoms with E-state index in [1.807, 2.05) is 5.38 Å². The third kappa shape index (κ3) is 1.63. The largest absolute Gasteiger partial charge is 0.507 e. The third-order valence-electron chi connectivity index (χ3n) is 3.31. The van der Waals surface area contributed by atoms with Crippen LogP contribution >= 0.6 is 11.3 Å². The van der Waals surface area contributed by atoms with Crippen molar-refractivity contribution in [2.24, 2.45) is 0 Å². The van der Waals surface area contributed by atoms with Gasteiger partial charge >= 0.3 is 0 Å². The molecule has 0 saturated heterocycles. The molecule has 0 aliphatic rings. The molecule has 2 nitrogen and oxygen atoms in total. The van der Waals surface area contributed by atoms with Gasteiger partial charge in [-0.3, -0.25) is 0 Å². The molecule has 0 radical (unpaired) electrons. The van der Waals surface area contributed by atoms with Crippen molar-refractivity contribution >= 4 is 37.9 Å². The van der Waals surface area contributed by atoms with Crippen LogP contribution in [0, 0.1) is 0 Å². The van der Waals surface area contributed by atoms with Gasteiger partial charge in [0.15, 0.2) is 0 Å². The lowest BCUT2D eigenvalue weighted by atomic mass is 10.0. The lowest BCUT2D eigenvalue weighted by molar-refractivity contribution is 0.488. The minimum absolute atomic E-state index is 0.319. The number of phenols is 1. The summed E-state index contributed by atoms with van der Waals surface area (Å²) in [6.07, 6.45) is 2.14. The molecule has 0 aliphatic heterocycles. The highest BCUT2D eigenvalue weighted by molar-refractivity contribution is 7.15. The number of hydrogen-bond acceptors (Lipinski definition) is 3. The van der Waals surface area contributed by atoms with Crippen molar-refractivity contribution in [3.05, 3.63) is 35.2 Å². The van der Waals surface area contributed by atoms with Crippen LogP contribution in [0.4, 0.5) is 5.00 Å². The fraction of sp³-hybridized carbons (Fsp3) is 0.200. The minimum Gasteiger partial charge on any atom is -0.507 e. The maximum absolute atomic E-state index is 10.4. The zero-order chi connectivity index (χ0) is 12.7. The second-order valence-corrected chi connectivity index (χ2v) is 5.51. The van der Waals surface area contributed by atoms with Gasteiger partial charge in [0.05, 0.1) is 10.4 Å². The first-order chi connectivity index (χ1) is 8.70. The average molecular weight is 257 g/mol. The molecule has 0 fully saturated rings. The summed E-state index contributed by atoms with van der Waals surface area (Å²) < 4.78 is 0. The molecule has 0 bridgehead atoms. The van der Waals surface area contributed by atoms with Gasteiger partial charge in [-0.25, -0.2) is 0 Å². The number of hydrogen-bond donors (Lipinski definition) is 2. The van der Waals surface area contributed by atoms with Crippen LogP contribution < -0.4 is 5.73 Å². The third-order valence-corrected chi connectivity index (χ3v) is 4.14. The van der Waals surface area contributed by atoms with Crippen LogP contribution in [0.3, 0.4) is 0 Å². The Morgan fingerprint density at radius 1 is 1.22 bits per heavy atom. The number of aromatic hydroxyl groups is 1. The quantitative estimate of drug-likeness (QED) is 0.719. The number of phenolic OH excluding ortho intramolecular Hbond substituents is 1. The van der Waals surface area contributed by atoms with Crippen molar-refractivity contribution in [3.63, 3.8) is 0 Å². The number of rotatable bonds is 2. The van der Waals surface area contributed by atoms with Gasteiger partial charge in [-0.15, -0.1) is 11.3 Å². The number of nitrogens with two attached hydrogens (primary N) is 1. The van der Waals surface area contributed by atoms with E-state index < -0.39 is 0 Å². The molecule has 0 amide bonds. The van der Waals surface area contributed by atoms with Gasteiger partial charge in [-0.2, -0.15) is 0 Å². The summed E-state index contributed by atoms with van der Waals surface area (Å²) in [5.41, 5.74) is 7.18. The highest BCUT2D eigenvalue weighted by Gasteiger charge is 2.11. The van der Waals surface area contributed by atoms with Gasteiger partial charge in [-0.05, 0) is 34.9 Å². The highest BCUT2D eigenvalue weighted by Crippen LogP contribution is 2.40. The smallest absolute Gasteiger partial charge is 0.134 e. The van der Waals surface area contributed by atoms with Gasteiger partial charge in [0.25, 0.3) is 0 Å². The molecule has 18 heavy (non-hydrogen) atoms. The van der Waals surface area contributed by atoms with E-state index in [0.29, 0.717) is 10.8 Å². The molecular weight excluding hydrogens is 242 g/mol. The van der Waals surface area contributed by atoms with E-state index in [1.165, 1.54) is 16.9 Å². The maximum Gasteiger partial charge on any atom is 0.134 e. The molecule has 2 aromatic carbocycles. The van der Waals surface area contributed by atoms with E-state index in [9.17, 15) is 5.11 Å². The zero-order valence-corrected chi connectivity index (χ0v) is 11.1. The van der Waals surface area contributed by atoms with Crippen LogP contribution in [0.15, 0.2) is 29.6 Å². The van der Waals surface area contributed by atoms with Crippen LogP contribution in [0.5, 0.6) is 5.75 Å². The number of nitrogen functional groups attached to an aromatic ring is 1. The Balaban J connectivity index is 2.36. The second-order valence-electron chi connectivity index (χ2n) is 4.59. The van der Waals surface area contributed by atoms with E-state index in [4.69, 9.17) is 5.73 Å². The number of fused-ring (bicyclic) bond motifs is 2. The first-order valence-corrected chi connectivity index (χ1v) is 7.00. The summed E-state index contributed by atoms with van der Waals surface area (Å²) in [7, 11) is 0. The fourth-order valence-corrected chi connectivity index (χ4v) is 3.20. The second kappa shape index (κ2) is 4.18. The van der Waals surface area contributed by atoms with Crippen molar-refractivity contribution in [2.45, 2.75) is 19.8 Å². The molecular formula is C15H15NOS. The summed E-state index contributed by atoms with van der Waals surface area (Å²) in [5, 5.41) is 16.9. The van der Waals surface area contributed by atoms with Crippen LogP contribution in [0.25, 0.3) is 21.5 Å². The Bertz CT molecular complexity index is 730. The van der Waals surface area contributed by atoms with E-state index in [2.05, 4.69) is 31.2 Å². The maximum atomic E-state index is 10.4. The van der Waals surface area contributed by atoms with Crippen LogP contribution in [-0.2, 0) is 6.42 Å². The Hall–Kier alpha value is -1.74. The van der Waals surface area contributed by atoms with Gasteiger partial charge in [0.1, 0.15) is 5.75 Å². The SMILES string of the molecule is CCCc1ccc2cc3csc(N)c3c(O)c2c1. The Kier molecular flexibility index (Phi) is 2.63. The molecule has 1 aromatic heterocycles. The molecule has 0 aliphatic carbocycles. The monoisotopic (exact) mass is 257 g/mol. The van der Waals surface area contributed by atoms with Crippen molar-refractivity contribution < 1.29 is 5.11 Å². The minimum atomic E-state index is 0.319. The molecule has 0 atom stereocenters. The van der Waals surface area contributed by atoms with Crippen molar-refractivity contribution in [1.82, 2.24) is 0 Å². The Labute approximate surface area is 110 Å². The summed E-state index contributed by atoms with van der Waals surface area (Å²) >= 11 is 1.47. The molecule has 0 saturated carbocycles. The fourth-order valence-electron chi connectivity index (χ4n) is 2.43. The molecule has 3 heteroatoms. The molecule has 3 rings (SSSR count). The van der Waals surface area contributed by atoms with E-state index in [1.54, 1.807) is 0 Å². The lowest BCUT2D eigenvalue weighted by Crippen LogP contribution is -1.85. The molecule has 3 aromatic rings. The Morgan fingerprint density at radius 2 is 2.06 bits per heavy atom. The summed E-state index contributed by atoms with van der Waals surface area (Å²) in [6.45, 7) is 2.16. The molecule has 0 spiro atoms. The first-order valence-electron chi connectivity index (χ1n) is 6.12.